The second kappa shape index (κ2) is 7.67. The van der Waals surface area contributed by atoms with Gasteiger partial charge < -0.3 is 14.4 Å². The van der Waals surface area contributed by atoms with Gasteiger partial charge in [-0.3, -0.25) is 14.6 Å². The lowest BCUT2D eigenvalue weighted by Crippen LogP contribution is -2.30. The highest BCUT2D eigenvalue weighted by Gasteiger charge is 2.44. The molecule has 1 aliphatic rings. The smallest absolute Gasteiger partial charge is 0.290 e. The zero-order valence-corrected chi connectivity index (χ0v) is 17.1. The van der Waals surface area contributed by atoms with Crippen LogP contribution in [0.15, 0.2) is 81.1 Å². The van der Waals surface area contributed by atoms with Crippen molar-refractivity contribution >= 4 is 27.6 Å². The van der Waals surface area contributed by atoms with Gasteiger partial charge in [0, 0.05) is 23.4 Å². The Morgan fingerprint density at radius 2 is 1.97 bits per heavy atom. The van der Waals surface area contributed by atoms with Gasteiger partial charge in [0.25, 0.3) is 5.91 Å². The molecule has 0 saturated heterocycles. The van der Waals surface area contributed by atoms with Crippen LogP contribution in [0.25, 0.3) is 0 Å². The Morgan fingerprint density at radius 1 is 1.21 bits per heavy atom. The molecular weight excluding hydrogens is 436 g/mol. The molecule has 7 heteroatoms. The number of hydrogen-bond donors (Lipinski definition) is 1. The lowest BCUT2D eigenvalue weighted by atomic mass is 9.95. The summed E-state index contributed by atoms with van der Waals surface area (Å²) in [6.45, 7) is 1.93. The summed E-state index contributed by atoms with van der Waals surface area (Å²) >= 11 is 3.40. The van der Waals surface area contributed by atoms with Gasteiger partial charge in [0.15, 0.2) is 11.5 Å². The molecule has 0 fully saturated rings. The molecule has 1 amide bonds. The van der Waals surface area contributed by atoms with E-state index in [-0.39, 0.29) is 17.9 Å². The van der Waals surface area contributed by atoms with Crippen LogP contribution in [-0.2, 0) is 11.3 Å². The molecule has 0 saturated carbocycles. The molecule has 1 aliphatic heterocycles. The van der Waals surface area contributed by atoms with Crippen LogP contribution in [-0.4, -0.2) is 26.7 Å². The van der Waals surface area contributed by atoms with Crippen LogP contribution in [0.3, 0.4) is 0 Å². The van der Waals surface area contributed by atoms with Gasteiger partial charge in [-0.25, -0.2) is 0 Å². The van der Waals surface area contributed by atoms with Crippen LogP contribution >= 0.6 is 15.9 Å². The summed E-state index contributed by atoms with van der Waals surface area (Å²) in [5.41, 5.74) is 1.51. The van der Waals surface area contributed by atoms with E-state index in [1.54, 1.807) is 37.5 Å². The van der Waals surface area contributed by atoms with E-state index in [9.17, 15) is 14.7 Å². The number of aliphatic hydroxyl groups is 1. The second-order valence-corrected chi connectivity index (χ2v) is 7.67. The highest BCUT2D eigenvalue weighted by Crippen LogP contribution is 2.40. The highest BCUT2D eigenvalue weighted by atomic mass is 79.9. The van der Waals surface area contributed by atoms with E-state index in [2.05, 4.69) is 20.9 Å². The van der Waals surface area contributed by atoms with E-state index in [1.165, 1.54) is 4.90 Å². The number of aromatic nitrogens is 1. The molecule has 3 heterocycles. The summed E-state index contributed by atoms with van der Waals surface area (Å²) in [6, 6.07) is 13.4. The van der Waals surface area contributed by atoms with Gasteiger partial charge in [-0.05, 0) is 48.4 Å². The van der Waals surface area contributed by atoms with Crippen LogP contribution in [0.1, 0.15) is 33.5 Å². The first-order valence-corrected chi connectivity index (χ1v) is 9.74. The Bertz CT molecular complexity index is 1100. The molecule has 2 aromatic heterocycles. The molecule has 3 aromatic rings. The van der Waals surface area contributed by atoms with Gasteiger partial charge in [-0.15, -0.1) is 0 Å². The number of pyridine rings is 1. The lowest BCUT2D eigenvalue weighted by Gasteiger charge is -2.26. The van der Waals surface area contributed by atoms with Gasteiger partial charge in [-0.2, -0.15) is 0 Å². The minimum absolute atomic E-state index is 0.00978. The van der Waals surface area contributed by atoms with E-state index in [0.717, 1.165) is 10.0 Å². The average Bonchev–Trinajstić information content (AvgIpc) is 3.26. The van der Waals surface area contributed by atoms with Gasteiger partial charge in [-0.1, -0.05) is 34.1 Å². The Labute approximate surface area is 175 Å². The molecule has 1 N–H and O–H groups in total. The molecule has 0 spiro atoms. The Hall–Kier alpha value is -3.19. The van der Waals surface area contributed by atoms with E-state index in [0.29, 0.717) is 11.3 Å². The number of rotatable bonds is 5. The quantitative estimate of drug-likeness (QED) is 0.575. The van der Waals surface area contributed by atoms with Crippen LogP contribution in [0.2, 0.25) is 0 Å². The predicted molar refractivity (Wildman–Crippen MR) is 109 cm³/mol. The molecule has 0 radical (unpaired) electrons. The molecule has 0 bridgehead atoms. The summed E-state index contributed by atoms with van der Waals surface area (Å²) in [6.07, 6.45) is 3.30. The molecule has 1 aromatic carbocycles. The minimum atomic E-state index is -0.742. The van der Waals surface area contributed by atoms with Crippen LogP contribution < -0.4 is 0 Å². The molecule has 4 rings (SSSR count). The summed E-state index contributed by atoms with van der Waals surface area (Å²) in [7, 11) is 0. The van der Waals surface area contributed by atoms with E-state index in [1.807, 2.05) is 30.3 Å². The third kappa shape index (κ3) is 3.61. The van der Waals surface area contributed by atoms with Crippen molar-refractivity contribution in [3.8, 4) is 0 Å². The van der Waals surface area contributed by atoms with E-state index < -0.39 is 23.5 Å². The topological polar surface area (TPSA) is 83.6 Å². The number of Topliss-reactive ketones (excluding diaryl/α,β-unsaturated/α-hetero) is 1. The van der Waals surface area contributed by atoms with Crippen LogP contribution in [0, 0.1) is 6.92 Å². The normalized spacial score (nSPS) is 16.6. The van der Waals surface area contributed by atoms with Crippen molar-refractivity contribution in [2.45, 2.75) is 19.5 Å². The number of carbonyl (C=O) groups excluding carboxylic acids is 2. The zero-order chi connectivity index (χ0) is 20.5. The molecule has 29 heavy (non-hydrogen) atoms. The number of benzene rings is 1. The first-order chi connectivity index (χ1) is 14.0. The summed E-state index contributed by atoms with van der Waals surface area (Å²) < 4.78 is 6.32. The van der Waals surface area contributed by atoms with Crippen LogP contribution in [0.4, 0.5) is 0 Å². The van der Waals surface area contributed by atoms with Gasteiger partial charge in [0.1, 0.15) is 5.76 Å². The molecule has 0 unspecified atom stereocenters. The molecule has 6 nitrogen and oxygen atoms in total. The van der Waals surface area contributed by atoms with E-state index >= 15 is 0 Å². The molecule has 146 valence electrons. The van der Waals surface area contributed by atoms with Crippen molar-refractivity contribution in [2.24, 2.45) is 0 Å². The molecule has 1 atom stereocenters. The number of carbonyl (C=O) groups is 2. The Balaban J connectivity index is 1.79. The number of hydrogen-bond acceptors (Lipinski definition) is 5. The average molecular weight is 453 g/mol. The summed E-state index contributed by atoms with van der Waals surface area (Å²) in [5, 5.41) is 10.6. The van der Waals surface area contributed by atoms with Gasteiger partial charge in [0.2, 0.25) is 5.78 Å². The third-order valence-corrected chi connectivity index (χ3v) is 5.30. The second-order valence-electron chi connectivity index (χ2n) is 6.75. The highest BCUT2D eigenvalue weighted by molar-refractivity contribution is 9.10. The third-order valence-electron chi connectivity index (χ3n) is 4.77. The number of nitrogens with zero attached hydrogens (tertiary/aromatic N) is 2. The largest absolute Gasteiger partial charge is 0.503 e. The maximum Gasteiger partial charge on any atom is 0.290 e. The first kappa shape index (κ1) is 19.1. The first-order valence-electron chi connectivity index (χ1n) is 8.95. The lowest BCUT2D eigenvalue weighted by molar-refractivity contribution is -0.130. The van der Waals surface area contributed by atoms with Crippen molar-refractivity contribution < 1.29 is 19.1 Å². The standard InChI is InChI=1S/C22H17BrN2O4/c1-13-4-9-17(29-13)20(26)18-19(15-5-7-16(23)8-6-15)25(22(28)21(18)27)12-14-3-2-10-24-11-14/h2-11,19,27H,12H2,1H3/t19-/m1/s1. The SMILES string of the molecule is Cc1ccc(C(=O)C2=C(O)C(=O)N(Cc3cccnc3)[C@@H]2c2ccc(Br)cc2)o1. The van der Waals surface area contributed by atoms with Gasteiger partial charge in [0.05, 0.1) is 11.6 Å². The van der Waals surface area contributed by atoms with Crippen molar-refractivity contribution in [2.75, 3.05) is 0 Å². The maximum atomic E-state index is 13.2. The Kier molecular flexibility index (Phi) is 5.07. The van der Waals surface area contributed by atoms with Crippen molar-refractivity contribution in [3.05, 3.63) is 99.4 Å². The number of aliphatic hydroxyl groups excluding tert-OH is 1. The monoisotopic (exact) mass is 452 g/mol. The zero-order valence-electron chi connectivity index (χ0n) is 15.5. The fraction of sp³-hybridized carbons (Fsp3) is 0.136. The number of halogens is 1. The Morgan fingerprint density at radius 3 is 2.59 bits per heavy atom. The number of furan rings is 1. The van der Waals surface area contributed by atoms with Crippen molar-refractivity contribution in [1.82, 2.24) is 9.88 Å². The van der Waals surface area contributed by atoms with Crippen molar-refractivity contribution in [3.63, 3.8) is 0 Å². The summed E-state index contributed by atoms with van der Waals surface area (Å²) in [5.74, 6) is -1.01. The molecular formula is C22H17BrN2O4. The predicted octanol–water partition coefficient (Wildman–Crippen LogP) is 4.52. The van der Waals surface area contributed by atoms with Gasteiger partial charge >= 0.3 is 0 Å². The minimum Gasteiger partial charge on any atom is -0.503 e. The number of aryl methyl sites for hydroxylation is 1. The number of amides is 1. The fourth-order valence-corrected chi connectivity index (χ4v) is 3.68. The van der Waals surface area contributed by atoms with Crippen molar-refractivity contribution in [1.29, 1.82) is 0 Å². The van der Waals surface area contributed by atoms with E-state index in [4.69, 9.17) is 4.42 Å². The number of ketones is 1. The fourth-order valence-electron chi connectivity index (χ4n) is 3.42. The summed E-state index contributed by atoms with van der Waals surface area (Å²) in [4.78, 5) is 31.6. The maximum absolute atomic E-state index is 13.2. The van der Waals surface area contributed by atoms with Crippen LogP contribution in [0.5, 0.6) is 0 Å². The molecule has 0 aliphatic carbocycles.